The average Bonchev–Trinajstić information content (AvgIpc) is 3.10. The number of carbonyl (C=O) groups is 3. The van der Waals surface area contributed by atoms with Crippen LogP contribution in [-0.2, 0) is 25.2 Å². The van der Waals surface area contributed by atoms with Crippen LogP contribution >= 0.6 is 11.6 Å². The fraction of sp³-hybridized carbons (Fsp3) is 0.348. The number of hydrogen-bond donors (Lipinski definition) is 1. The Morgan fingerprint density at radius 2 is 1.63 bits per heavy atom. The topological polar surface area (TPSA) is 107 Å². The zero-order chi connectivity index (χ0) is 25.4. The highest BCUT2D eigenvalue weighted by molar-refractivity contribution is 7.89. The van der Waals surface area contributed by atoms with Crippen molar-refractivity contribution in [3.8, 4) is 0 Å². The predicted molar refractivity (Wildman–Crippen MR) is 125 cm³/mol. The number of hydrogen-bond acceptors (Lipinski definition) is 5. The second-order valence-corrected chi connectivity index (χ2v) is 10.7. The van der Waals surface area contributed by atoms with Crippen LogP contribution in [0.15, 0.2) is 53.4 Å². The van der Waals surface area contributed by atoms with Crippen LogP contribution in [0, 0.1) is 5.82 Å². The maximum Gasteiger partial charge on any atom is 0.325 e. The van der Waals surface area contributed by atoms with Gasteiger partial charge in [-0.3, -0.25) is 14.5 Å². The van der Waals surface area contributed by atoms with E-state index in [0.29, 0.717) is 10.6 Å². The molecule has 0 spiro atoms. The Hall–Kier alpha value is -3.02. The molecule has 9 nitrogen and oxygen atoms in total. The Morgan fingerprint density at radius 1 is 1.03 bits per heavy atom. The summed E-state index contributed by atoms with van der Waals surface area (Å²) in [5.74, 6) is -1.53. The molecule has 2 heterocycles. The number of amides is 4. The van der Waals surface area contributed by atoms with Gasteiger partial charge >= 0.3 is 6.03 Å². The molecular weight excluding hydrogens is 499 g/mol. The Morgan fingerprint density at radius 3 is 2.20 bits per heavy atom. The Bertz CT molecular complexity index is 1250. The van der Waals surface area contributed by atoms with E-state index in [2.05, 4.69) is 5.32 Å². The standard InChI is InChI=1S/C23H24ClFN4O5S/c1-2-23(16-3-7-18(25)8-4-16)21(31)29(22(32)26-23)15-20(30)27-11-13-28(14-12-27)35(33,34)19-9-5-17(24)6-10-19/h3-10H,2,11-15H2,1H3,(H,26,32)/t23-/m1/s1. The van der Waals surface area contributed by atoms with Crippen LogP contribution in [0.5, 0.6) is 0 Å². The molecule has 1 N–H and O–H groups in total. The number of carbonyl (C=O) groups excluding carboxylic acids is 3. The van der Waals surface area contributed by atoms with Crippen molar-refractivity contribution in [1.29, 1.82) is 0 Å². The predicted octanol–water partition coefficient (Wildman–Crippen LogP) is 2.17. The minimum Gasteiger partial charge on any atom is -0.338 e. The van der Waals surface area contributed by atoms with E-state index in [1.165, 1.54) is 57.7 Å². The van der Waals surface area contributed by atoms with Crippen molar-refractivity contribution in [2.45, 2.75) is 23.8 Å². The number of halogens is 2. The number of piperazine rings is 1. The van der Waals surface area contributed by atoms with Crippen LogP contribution in [0.1, 0.15) is 18.9 Å². The summed E-state index contributed by atoms with van der Waals surface area (Å²) in [6.07, 6.45) is 0.217. The molecule has 4 rings (SSSR count). The van der Waals surface area contributed by atoms with Crippen molar-refractivity contribution in [1.82, 2.24) is 19.4 Å². The van der Waals surface area contributed by atoms with Crippen LogP contribution in [0.25, 0.3) is 0 Å². The first-order chi connectivity index (χ1) is 16.6. The van der Waals surface area contributed by atoms with Gasteiger partial charge in [0.15, 0.2) is 0 Å². The van der Waals surface area contributed by atoms with Gasteiger partial charge in [-0.2, -0.15) is 4.31 Å². The third-order valence-electron chi connectivity index (χ3n) is 6.38. The van der Waals surface area contributed by atoms with Gasteiger partial charge in [0, 0.05) is 31.2 Å². The quantitative estimate of drug-likeness (QED) is 0.585. The van der Waals surface area contributed by atoms with E-state index < -0.39 is 45.8 Å². The first-order valence-electron chi connectivity index (χ1n) is 11.0. The van der Waals surface area contributed by atoms with Gasteiger partial charge in [0.25, 0.3) is 5.91 Å². The monoisotopic (exact) mass is 522 g/mol. The number of nitrogens with zero attached hydrogens (tertiary/aromatic N) is 3. The molecule has 0 saturated carbocycles. The number of benzene rings is 2. The molecule has 2 saturated heterocycles. The van der Waals surface area contributed by atoms with Gasteiger partial charge in [-0.25, -0.2) is 17.6 Å². The summed E-state index contributed by atoms with van der Waals surface area (Å²) in [4.78, 5) is 41.2. The molecule has 2 fully saturated rings. The first kappa shape index (κ1) is 25.1. The number of sulfonamides is 1. The molecule has 2 aliphatic rings. The number of rotatable bonds is 6. The lowest BCUT2D eigenvalue weighted by molar-refractivity contribution is -0.139. The highest BCUT2D eigenvalue weighted by Gasteiger charge is 2.52. The SMILES string of the molecule is CC[C@]1(c2ccc(F)cc2)NC(=O)N(CC(=O)N2CCN(S(=O)(=O)c3ccc(Cl)cc3)CC2)C1=O. The number of nitrogens with one attached hydrogen (secondary N) is 1. The van der Waals surface area contributed by atoms with Crippen molar-refractivity contribution in [3.05, 3.63) is 64.9 Å². The van der Waals surface area contributed by atoms with Crippen LogP contribution in [0.2, 0.25) is 5.02 Å². The summed E-state index contributed by atoms with van der Waals surface area (Å²) in [7, 11) is -3.74. The summed E-state index contributed by atoms with van der Waals surface area (Å²) in [5.41, 5.74) is -0.952. The Balaban J connectivity index is 1.41. The zero-order valence-electron chi connectivity index (χ0n) is 18.9. The van der Waals surface area contributed by atoms with Gasteiger partial charge in [0.2, 0.25) is 15.9 Å². The summed E-state index contributed by atoms with van der Waals surface area (Å²) in [6.45, 7) is 1.62. The molecule has 35 heavy (non-hydrogen) atoms. The summed E-state index contributed by atoms with van der Waals surface area (Å²) in [6, 6.07) is 10.4. The third-order valence-corrected chi connectivity index (χ3v) is 8.54. The van der Waals surface area contributed by atoms with Crippen molar-refractivity contribution in [3.63, 3.8) is 0 Å². The van der Waals surface area contributed by atoms with Gasteiger partial charge in [-0.1, -0.05) is 30.7 Å². The maximum absolute atomic E-state index is 13.4. The van der Waals surface area contributed by atoms with E-state index >= 15 is 0 Å². The molecule has 0 unspecified atom stereocenters. The summed E-state index contributed by atoms with van der Waals surface area (Å²) in [5, 5.41) is 3.08. The molecule has 0 bridgehead atoms. The van der Waals surface area contributed by atoms with Crippen LogP contribution in [0.3, 0.4) is 0 Å². The third kappa shape index (κ3) is 4.63. The average molecular weight is 523 g/mol. The van der Waals surface area contributed by atoms with Crippen molar-refractivity contribution >= 4 is 39.5 Å². The summed E-state index contributed by atoms with van der Waals surface area (Å²) >= 11 is 5.84. The Labute approximate surface area is 207 Å². The fourth-order valence-corrected chi connectivity index (χ4v) is 5.86. The second-order valence-electron chi connectivity index (χ2n) is 8.33. The van der Waals surface area contributed by atoms with Crippen molar-refractivity contribution < 1.29 is 27.2 Å². The molecule has 12 heteroatoms. The highest BCUT2D eigenvalue weighted by atomic mass is 35.5. The van der Waals surface area contributed by atoms with Gasteiger partial charge in [-0.15, -0.1) is 0 Å². The molecule has 186 valence electrons. The smallest absolute Gasteiger partial charge is 0.325 e. The number of urea groups is 1. The molecule has 0 radical (unpaired) electrons. The lowest BCUT2D eigenvalue weighted by atomic mass is 9.87. The lowest BCUT2D eigenvalue weighted by Gasteiger charge is -2.34. The van der Waals surface area contributed by atoms with E-state index in [9.17, 15) is 27.2 Å². The van der Waals surface area contributed by atoms with Gasteiger partial charge in [-0.05, 0) is 48.4 Å². The van der Waals surface area contributed by atoms with E-state index in [1.807, 2.05) is 0 Å². The second kappa shape index (κ2) is 9.56. The molecule has 2 aromatic carbocycles. The van der Waals surface area contributed by atoms with E-state index in [4.69, 9.17) is 11.6 Å². The normalized spacial score (nSPS) is 21.3. The molecule has 0 aliphatic carbocycles. The zero-order valence-corrected chi connectivity index (χ0v) is 20.5. The highest BCUT2D eigenvalue weighted by Crippen LogP contribution is 2.32. The fourth-order valence-electron chi connectivity index (χ4n) is 4.31. The van der Waals surface area contributed by atoms with Crippen LogP contribution in [0.4, 0.5) is 9.18 Å². The van der Waals surface area contributed by atoms with Crippen molar-refractivity contribution in [2.24, 2.45) is 0 Å². The van der Waals surface area contributed by atoms with Crippen LogP contribution in [-0.4, -0.2) is 73.1 Å². The van der Waals surface area contributed by atoms with Gasteiger partial charge < -0.3 is 10.2 Å². The first-order valence-corrected chi connectivity index (χ1v) is 12.8. The Kier molecular flexibility index (Phi) is 6.85. The summed E-state index contributed by atoms with van der Waals surface area (Å²) < 4.78 is 40.3. The van der Waals surface area contributed by atoms with Crippen LogP contribution < -0.4 is 5.32 Å². The molecule has 0 aromatic heterocycles. The molecule has 2 aromatic rings. The number of imide groups is 1. The van der Waals surface area contributed by atoms with E-state index in [1.54, 1.807) is 6.92 Å². The molecular formula is C23H24ClFN4O5S. The molecule has 4 amide bonds. The van der Waals surface area contributed by atoms with E-state index in [0.717, 1.165) is 4.90 Å². The minimum absolute atomic E-state index is 0.0747. The van der Waals surface area contributed by atoms with Gasteiger partial charge in [0.1, 0.15) is 17.9 Å². The van der Waals surface area contributed by atoms with E-state index in [-0.39, 0.29) is 37.5 Å². The molecule has 2 aliphatic heterocycles. The minimum atomic E-state index is -3.74. The van der Waals surface area contributed by atoms with Gasteiger partial charge in [0.05, 0.1) is 4.90 Å². The van der Waals surface area contributed by atoms with Crippen molar-refractivity contribution in [2.75, 3.05) is 32.7 Å². The lowest BCUT2D eigenvalue weighted by Crippen LogP contribution is -2.53. The largest absolute Gasteiger partial charge is 0.338 e. The molecule has 1 atom stereocenters. The maximum atomic E-state index is 13.4.